The Morgan fingerprint density at radius 3 is 2.64 bits per heavy atom. The zero-order valence-electron chi connectivity index (χ0n) is 18.1. The highest BCUT2D eigenvalue weighted by molar-refractivity contribution is 7.86. The second-order valence-electron chi connectivity index (χ2n) is 7.59. The van der Waals surface area contributed by atoms with E-state index in [-0.39, 0.29) is 11.5 Å². The maximum atomic E-state index is 12.0. The minimum absolute atomic E-state index is 0.175. The Kier molecular flexibility index (Phi) is 8.67. The number of methoxy groups -OCH3 is 1. The van der Waals surface area contributed by atoms with Crippen LogP contribution in [0, 0.1) is 5.92 Å². The normalized spacial score (nSPS) is 15.1. The third kappa shape index (κ3) is 6.91. The van der Waals surface area contributed by atoms with Crippen LogP contribution in [0.3, 0.4) is 0 Å². The van der Waals surface area contributed by atoms with Gasteiger partial charge in [-0.15, -0.1) is 0 Å². The molecule has 2 N–H and O–H groups in total. The van der Waals surface area contributed by atoms with Crippen molar-refractivity contribution in [2.45, 2.75) is 24.3 Å². The number of piperidine rings is 1. The largest absolute Gasteiger partial charge is 0.452 e. The van der Waals surface area contributed by atoms with Crippen molar-refractivity contribution < 1.29 is 27.2 Å². The molecule has 1 amide bonds. The lowest BCUT2D eigenvalue weighted by molar-refractivity contribution is 0.0681. The van der Waals surface area contributed by atoms with E-state index in [1.54, 1.807) is 42.7 Å². The highest BCUT2D eigenvalue weighted by Gasteiger charge is 2.22. The van der Waals surface area contributed by atoms with Gasteiger partial charge in [-0.2, -0.15) is 13.5 Å². The molecule has 9 nitrogen and oxygen atoms in total. The zero-order chi connectivity index (χ0) is 23.8. The number of hydrogen-bond donors (Lipinski definition) is 2. The number of amides is 1. The first-order valence-corrected chi connectivity index (χ1v) is 12.1. The Balaban J connectivity index is 1.63. The molecule has 1 aliphatic rings. The molecule has 0 bridgehead atoms. The van der Waals surface area contributed by atoms with Crippen molar-refractivity contribution in [2.24, 2.45) is 11.0 Å². The van der Waals surface area contributed by atoms with Gasteiger partial charge in [-0.05, 0) is 36.5 Å². The maximum absolute atomic E-state index is 12.0. The average molecular weight is 496 g/mol. The highest BCUT2D eigenvalue weighted by atomic mass is 35.5. The Morgan fingerprint density at radius 1 is 1.24 bits per heavy atom. The third-order valence-corrected chi connectivity index (χ3v) is 6.58. The Morgan fingerprint density at radius 2 is 1.97 bits per heavy atom. The van der Waals surface area contributed by atoms with Crippen LogP contribution in [0.25, 0.3) is 11.1 Å². The molecular formula is C22H26ClN3O6S. The number of rotatable bonds is 8. The second-order valence-corrected chi connectivity index (χ2v) is 9.38. The van der Waals surface area contributed by atoms with Gasteiger partial charge in [0.1, 0.15) is 11.2 Å². The van der Waals surface area contributed by atoms with Crippen molar-refractivity contribution in [3.8, 4) is 11.1 Å². The molecule has 33 heavy (non-hydrogen) atoms. The number of nitrogens with zero attached hydrogens (tertiary/aromatic N) is 2. The number of hydrogen-bond acceptors (Lipinski definition) is 6. The lowest BCUT2D eigenvalue weighted by atomic mass is 9.98. The summed E-state index contributed by atoms with van der Waals surface area (Å²) in [6, 6.07) is 11.6. The first kappa shape index (κ1) is 25.0. The van der Waals surface area contributed by atoms with Gasteiger partial charge in [0.25, 0.3) is 10.1 Å². The van der Waals surface area contributed by atoms with Crippen molar-refractivity contribution in [2.75, 3.05) is 26.8 Å². The fourth-order valence-electron chi connectivity index (χ4n) is 3.66. The number of carbonyl (C=O) groups is 1. The van der Waals surface area contributed by atoms with Crippen LogP contribution in [0.5, 0.6) is 0 Å². The minimum Gasteiger partial charge on any atom is -0.452 e. The first-order chi connectivity index (χ1) is 15.8. The molecule has 1 aliphatic heterocycles. The smallest absolute Gasteiger partial charge is 0.427 e. The fourth-order valence-corrected chi connectivity index (χ4v) is 4.64. The molecule has 3 rings (SSSR count). The molecule has 1 fully saturated rings. The Bertz CT molecular complexity index is 1100. The molecule has 11 heteroatoms. The van der Waals surface area contributed by atoms with Gasteiger partial charge in [-0.1, -0.05) is 41.9 Å². The number of halogens is 1. The number of likely N-dealkylation sites (tertiary alicyclic amines) is 1. The van der Waals surface area contributed by atoms with Gasteiger partial charge in [-0.3, -0.25) is 4.55 Å². The Hall–Kier alpha value is -2.66. The van der Waals surface area contributed by atoms with Crippen molar-refractivity contribution in [1.82, 2.24) is 10.3 Å². The van der Waals surface area contributed by atoms with Crippen LogP contribution >= 0.6 is 11.6 Å². The molecular weight excluding hydrogens is 470 g/mol. The summed E-state index contributed by atoms with van der Waals surface area (Å²) in [7, 11) is -3.18. The van der Waals surface area contributed by atoms with Gasteiger partial charge in [-0.25, -0.2) is 10.2 Å². The van der Waals surface area contributed by atoms with E-state index in [0.29, 0.717) is 34.2 Å². The van der Waals surface area contributed by atoms with Gasteiger partial charge in [0, 0.05) is 35.8 Å². The molecule has 0 saturated carbocycles. The quantitative estimate of drug-likeness (QED) is 0.247. The van der Waals surface area contributed by atoms with Crippen LogP contribution in [0.4, 0.5) is 4.79 Å². The topological polar surface area (TPSA) is 118 Å². The van der Waals surface area contributed by atoms with Crippen molar-refractivity contribution in [3.05, 3.63) is 53.1 Å². The summed E-state index contributed by atoms with van der Waals surface area (Å²) < 4.78 is 44.1. The summed E-state index contributed by atoms with van der Waals surface area (Å²) in [6.45, 7) is 2.21. The van der Waals surface area contributed by atoms with E-state index in [1.165, 1.54) is 13.2 Å². The van der Waals surface area contributed by atoms with Crippen LogP contribution in [-0.2, 0) is 26.2 Å². The monoisotopic (exact) mass is 495 g/mol. The third-order valence-electron chi connectivity index (χ3n) is 5.36. The summed E-state index contributed by atoms with van der Waals surface area (Å²) in [5, 5.41) is 4.21. The molecule has 1 saturated heterocycles. The summed E-state index contributed by atoms with van der Waals surface area (Å²) >= 11 is 6.32. The van der Waals surface area contributed by atoms with Gasteiger partial charge in [0.15, 0.2) is 0 Å². The van der Waals surface area contributed by atoms with Crippen LogP contribution in [0.15, 0.2) is 52.5 Å². The van der Waals surface area contributed by atoms with Crippen LogP contribution in [-0.4, -0.2) is 57.1 Å². The summed E-state index contributed by atoms with van der Waals surface area (Å²) in [6.07, 6.45) is 2.72. The molecule has 0 aliphatic carbocycles. The van der Waals surface area contributed by atoms with E-state index in [4.69, 9.17) is 16.3 Å². The van der Waals surface area contributed by atoms with Crippen molar-refractivity contribution >= 4 is 34.2 Å². The summed E-state index contributed by atoms with van der Waals surface area (Å²) in [4.78, 5) is 12.8. The summed E-state index contributed by atoms with van der Waals surface area (Å²) in [5.74, 6) is 0.330. The number of ether oxygens (including phenoxy) is 2. The number of nitrogens with one attached hydrogen (secondary N) is 1. The van der Waals surface area contributed by atoms with E-state index < -0.39 is 16.2 Å². The lowest BCUT2D eigenvalue weighted by Gasteiger charge is -2.30. The molecule has 0 radical (unpaired) electrons. The molecule has 178 valence electrons. The molecule has 2 aromatic rings. The van der Waals surface area contributed by atoms with Crippen molar-refractivity contribution in [3.63, 3.8) is 0 Å². The fraction of sp³-hybridized carbons (Fsp3) is 0.364. The van der Waals surface area contributed by atoms with Gasteiger partial charge < -0.3 is 14.4 Å². The van der Waals surface area contributed by atoms with E-state index in [1.807, 2.05) is 4.90 Å². The molecule has 2 aromatic carbocycles. The predicted octanol–water partition coefficient (Wildman–Crippen LogP) is 3.78. The maximum Gasteiger partial charge on any atom is 0.427 e. The number of hydrazone groups is 1. The Labute approximate surface area is 198 Å². The molecule has 1 heterocycles. The number of benzene rings is 2. The van der Waals surface area contributed by atoms with Crippen LogP contribution in [0.2, 0.25) is 5.02 Å². The standard InChI is InChI=1S/C22H26ClN3O6S/c1-31-22(27)25-24-15-26-11-9-16(10-12-26)13-32-14-17-5-4-8-20(33(28,29)30)21(17)18-6-2-3-7-19(18)23/h2-8,15-16H,9-14H2,1H3,(H,25,27)(H,28,29,30)/b24-15+. The molecule has 0 atom stereocenters. The van der Waals surface area contributed by atoms with E-state index in [2.05, 4.69) is 15.3 Å². The van der Waals surface area contributed by atoms with Crippen LogP contribution in [0.1, 0.15) is 18.4 Å². The van der Waals surface area contributed by atoms with E-state index in [0.717, 1.165) is 25.9 Å². The second kappa shape index (κ2) is 11.5. The summed E-state index contributed by atoms with van der Waals surface area (Å²) in [5.41, 5.74) is 3.73. The molecule has 0 unspecified atom stereocenters. The SMILES string of the molecule is COC(=O)N/N=C/N1CCC(COCc2cccc(S(=O)(=O)O)c2-c2ccccc2Cl)CC1. The van der Waals surface area contributed by atoms with Gasteiger partial charge >= 0.3 is 6.09 Å². The first-order valence-electron chi connectivity index (χ1n) is 10.3. The lowest BCUT2D eigenvalue weighted by Crippen LogP contribution is -2.35. The molecule has 0 aromatic heterocycles. The minimum atomic E-state index is -4.45. The number of carbonyl (C=O) groups excluding carboxylic acids is 1. The van der Waals surface area contributed by atoms with E-state index >= 15 is 0 Å². The highest BCUT2D eigenvalue weighted by Crippen LogP contribution is 2.36. The molecule has 0 spiro atoms. The van der Waals surface area contributed by atoms with Gasteiger partial charge in [0.2, 0.25) is 0 Å². The average Bonchev–Trinajstić information content (AvgIpc) is 2.80. The zero-order valence-corrected chi connectivity index (χ0v) is 19.7. The van der Waals surface area contributed by atoms with Gasteiger partial charge in [0.05, 0.1) is 13.7 Å². The van der Waals surface area contributed by atoms with Crippen LogP contribution < -0.4 is 5.43 Å². The van der Waals surface area contributed by atoms with Crippen molar-refractivity contribution in [1.29, 1.82) is 0 Å². The van der Waals surface area contributed by atoms with E-state index in [9.17, 15) is 17.8 Å². The predicted molar refractivity (Wildman–Crippen MR) is 125 cm³/mol.